The van der Waals surface area contributed by atoms with E-state index in [0.29, 0.717) is 11.8 Å². The fourth-order valence-corrected chi connectivity index (χ4v) is 3.45. The zero-order chi connectivity index (χ0) is 15.2. The predicted molar refractivity (Wildman–Crippen MR) is 85.4 cm³/mol. The Morgan fingerprint density at radius 1 is 0.955 bits per heavy atom. The monoisotopic (exact) mass is 290 g/mol. The lowest BCUT2D eigenvalue weighted by Crippen LogP contribution is -1.90. The van der Waals surface area contributed by atoms with Gasteiger partial charge in [0.25, 0.3) is 0 Å². The Bertz CT molecular complexity index is 777. The van der Waals surface area contributed by atoms with Crippen LogP contribution in [-0.2, 0) is 0 Å². The molecule has 1 aliphatic rings. The molecule has 1 fully saturated rings. The standard InChI is InChI=1S/C19H18N2O/c1-19(2)16(14-9-6-10-20-11-14)17(19)18-21-12-15(22-18)13-7-4-3-5-8-13/h3-12,16-17H,1-2H3/t16-,17+/m0/s1. The van der Waals surface area contributed by atoms with Crippen LogP contribution in [0, 0.1) is 5.41 Å². The topological polar surface area (TPSA) is 38.9 Å². The number of rotatable bonds is 3. The molecule has 2 aromatic heterocycles. The molecule has 22 heavy (non-hydrogen) atoms. The summed E-state index contributed by atoms with van der Waals surface area (Å²) in [5.74, 6) is 2.40. The molecule has 3 aromatic rings. The van der Waals surface area contributed by atoms with Gasteiger partial charge in [-0.3, -0.25) is 4.98 Å². The summed E-state index contributed by atoms with van der Waals surface area (Å²) in [6, 6.07) is 14.2. The second kappa shape index (κ2) is 4.80. The lowest BCUT2D eigenvalue weighted by atomic mass is 10.1. The maximum atomic E-state index is 6.05. The van der Waals surface area contributed by atoms with E-state index in [1.54, 1.807) is 0 Å². The van der Waals surface area contributed by atoms with E-state index in [2.05, 4.69) is 29.9 Å². The fraction of sp³-hybridized carbons (Fsp3) is 0.263. The molecule has 0 N–H and O–H groups in total. The van der Waals surface area contributed by atoms with Crippen molar-refractivity contribution in [2.45, 2.75) is 25.7 Å². The number of aromatic nitrogens is 2. The van der Waals surface area contributed by atoms with Crippen LogP contribution in [0.5, 0.6) is 0 Å². The van der Waals surface area contributed by atoms with Crippen molar-refractivity contribution in [1.82, 2.24) is 9.97 Å². The van der Waals surface area contributed by atoms with Gasteiger partial charge in [-0.05, 0) is 17.0 Å². The van der Waals surface area contributed by atoms with Gasteiger partial charge in [0.15, 0.2) is 11.7 Å². The smallest absolute Gasteiger partial charge is 0.199 e. The van der Waals surface area contributed by atoms with Gasteiger partial charge in [0.1, 0.15) is 0 Å². The van der Waals surface area contributed by atoms with Crippen LogP contribution in [0.4, 0.5) is 0 Å². The van der Waals surface area contributed by atoms with Gasteiger partial charge in [-0.15, -0.1) is 0 Å². The largest absolute Gasteiger partial charge is 0.440 e. The molecule has 2 atom stereocenters. The molecule has 0 spiro atoms. The van der Waals surface area contributed by atoms with Gasteiger partial charge in [-0.25, -0.2) is 4.98 Å². The van der Waals surface area contributed by atoms with Gasteiger partial charge in [0.05, 0.1) is 6.20 Å². The lowest BCUT2D eigenvalue weighted by molar-refractivity contribution is 0.477. The Balaban J connectivity index is 1.65. The molecule has 2 heterocycles. The molecular weight excluding hydrogens is 272 g/mol. The SMILES string of the molecule is CC1(C)[C@@H](c2cccnc2)[C@@H]1c1ncc(-c2ccccc2)o1. The third-order valence-electron chi connectivity index (χ3n) is 4.72. The number of pyridine rings is 1. The molecule has 0 radical (unpaired) electrons. The van der Waals surface area contributed by atoms with E-state index >= 15 is 0 Å². The highest BCUT2D eigenvalue weighted by Crippen LogP contribution is 2.69. The molecule has 0 saturated heterocycles. The molecule has 1 aliphatic carbocycles. The number of benzene rings is 1. The first-order valence-electron chi connectivity index (χ1n) is 7.59. The molecule has 3 nitrogen and oxygen atoms in total. The van der Waals surface area contributed by atoms with Crippen LogP contribution >= 0.6 is 0 Å². The predicted octanol–water partition coefficient (Wildman–Crippen LogP) is 4.64. The molecule has 1 aromatic carbocycles. The van der Waals surface area contributed by atoms with Gasteiger partial charge in [0, 0.05) is 29.8 Å². The van der Waals surface area contributed by atoms with Crippen LogP contribution in [0.1, 0.15) is 37.1 Å². The normalized spacial score (nSPS) is 22.5. The highest BCUT2D eigenvalue weighted by molar-refractivity contribution is 5.56. The lowest BCUT2D eigenvalue weighted by Gasteiger charge is -2.00. The van der Waals surface area contributed by atoms with Gasteiger partial charge in [-0.2, -0.15) is 0 Å². The van der Waals surface area contributed by atoms with Crippen molar-refractivity contribution >= 4 is 0 Å². The van der Waals surface area contributed by atoms with Crippen molar-refractivity contribution in [3.05, 3.63) is 72.5 Å². The van der Waals surface area contributed by atoms with E-state index in [1.165, 1.54) is 5.56 Å². The summed E-state index contributed by atoms with van der Waals surface area (Å²) in [6.45, 7) is 4.53. The zero-order valence-corrected chi connectivity index (χ0v) is 12.7. The summed E-state index contributed by atoms with van der Waals surface area (Å²) in [6.07, 6.45) is 5.60. The van der Waals surface area contributed by atoms with E-state index in [4.69, 9.17) is 4.42 Å². The minimum Gasteiger partial charge on any atom is -0.440 e. The summed E-state index contributed by atoms with van der Waals surface area (Å²) < 4.78 is 6.05. The van der Waals surface area contributed by atoms with Gasteiger partial charge in [-0.1, -0.05) is 50.2 Å². The highest BCUT2D eigenvalue weighted by Gasteiger charge is 2.61. The Kier molecular flexibility index (Phi) is 2.89. The van der Waals surface area contributed by atoms with Gasteiger partial charge >= 0.3 is 0 Å². The van der Waals surface area contributed by atoms with Crippen LogP contribution < -0.4 is 0 Å². The maximum absolute atomic E-state index is 6.05. The number of nitrogens with zero attached hydrogens (tertiary/aromatic N) is 2. The molecule has 110 valence electrons. The quantitative estimate of drug-likeness (QED) is 0.705. The fourth-order valence-electron chi connectivity index (χ4n) is 3.45. The summed E-state index contributed by atoms with van der Waals surface area (Å²) in [5.41, 5.74) is 2.48. The Labute approximate surface area is 130 Å². The highest BCUT2D eigenvalue weighted by atomic mass is 16.4. The molecule has 0 aliphatic heterocycles. The van der Waals surface area contributed by atoms with Gasteiger partial charge in [0.2, 0.25) is 0 Å². The van der Waals surface area contributed by atoms with Gasteiger partial charge < -0.3 is 4.42 Å². The molecule has 4 rings (SSSR count). The second-order valence-corrected chi connectivity index (χ2v) is 6.49. The van der Waals surface area contributed by atoms with Crippen molar-refractivity contribution in [2.24, 2.45) is 5.41 Å². The van der Waals surface area contributed by atoms with Crippen LogP contribution in [0.25, 0.3) is 11.3 Å². The first-order chi connectivity index (χ1) is 10.7. The van der Waals surface area contributed by atoms with Crippen molar-refractivity contribution in [3.8, 4) is 11.3 Å². The third kappa shape index (κ3) is 2.05. The summed E-state index contributed by atoms with van der Waals surface area (Å²) in [4.78, 5) is 8.78. The first-order valence-corrected chi connectivity index (χ1v) is 7.59. The number of oxazole rings is 1. The van der Waals surface area contributed by atoms with Crippen LogP contribution in [0.3, 0.4) is 0 Å². The minimum atomic E-state index is 0.155. The molecule has 0 unspecified atom stereocenters. The Morgan fingerprint density at radius 3 is 2.50 bits per heavy atom. The first kappa shape index (κ1) is 13.3. The summed E-state index contributed by atoms with van der Waals surface area (Å²) in [7, 11) is 0. The van der Waals surface area contributed by atoms with E-state index < -0.39 is 0 Å². The second-order valence-electron chi connectivity index (χ2n) is 6.49. The van der Waals surface area contributed by atoms with E-state index in [-0.39, 0.29) is 5.41 Å². The van der Waals surface area contributed by atoms with E-state index in [9.17, 15) is 0 Å². The number of hydrogen-bond acceptors (Lipinski definition) is 3. The average molecular weight is 290 g/mol. The van der Waals surface area contributed by atoms with Crippen LogP contribution in [0.2, 0.25) is 0 Å². The molecule has 3 heteroatoms. The number of hydrogen-bond donors (Lipinski definition) is 0. The van der Waals surface area contributed by atoms with E-state index in [1.807, 2.05) is 55.0 Å². The van der Waals surface area contributed by atoms with Crippen molar-refractivity contribution in [2.75, 3.05) is 0 Å². The molecule has 0 amide bonds. The van der Waals surface area contributed by atoms with Crippen LogP contribution in [-0.4, -0.2) is 9.97 Å². The minimum absolute atomic E-state index is 0.155. The van der Waals surface area contributed by atoms with Crippen molar-refractivity contribution in [3.63, 3.8) is 0 Å². The van der Waals surface area contributed by atoms with Crippen LogP contribution in [0.15, 0.2) is 65.5 Å². The molecular formula is C19H18N2O. The van der Waals surface area contributed by atoms with Crippen molar-refractivity contribution < 1.29 is 4.42 Å². The average Bonchev–Trinajstić information content (AvgIpc) is 2.90. The summed E-state index contributed by atoms with van der Waals surface area (Å²) >= 11 is 0. The van der Waals surface area contributed by atoms with Crippen molar-refractivity contribution in [1.29, 1.82) is 0 Å². The van der Waals surface area contributed by atoms with E-state index in [0.717, 1.165) is 17.2 Å². The molecule has 1 saturated carbocycles. The third-order valence-corrected chi connectivity index (χ3v) is 4.72. The molecule has 0 bridgehead atoms. The Morgan fingerprint density at radius 2 is 1.77 bits per heavy atom. The summed E-state index contributed by atoms with van der Waals surface area (Å²) in [5, 5.41) is 0. The maximum Gasteiger partial charge on any atom is 0.199 e. The Hall–Kier alpha value is -2.42. The zero-order valence-electron chi connectivity index (χ0n) is 12.7.